The highest BCUT2D eigenvalue weighted by Gasteiger charge is 2.05. The minimum Gasteiger partial charge on any atom is -0.331 e. The summed E-state index contributed by atoms with van der Waals surface area (Å²) in [4.78, 5) is 4.22. The van der Waals surface area contributed by atoms with Crippen LogP contribution in [0.1, 0.15) is 5.69 Å². The first-order valence-electron chi connectivity index (χ1n) is 4.02. The summed E-state index contributed by atoms with van der Waals surface area (Å²) in [6.45, 7) is 0.518. The second-order valence-electron chi connectivity index (χ2n) is 2.97. The lowest BCUT2D eigenvalue weighted by molar-refractivity contribution is 0.839. The summed E-state index contributed by atoms with van der Waals surface area (Å²) in [5, 5.41) is 1.69. The number of pyridine rings is 1. The maximum absolute atomic E-state index is 5.82. The fraction of sp³-hybridized carbons (Fsp3) is 0.222. The van der Waals surface area contributed by atoms with Gasteiger partial charge < -0.3 is 10.3 Å². The fourth-order valence-corrected chi connectivity index (χ4v) is 1.61. The molecule has 4 heteroatoms. The van der Waals surface area contributed by atoms with Crippen molar-refractivity contribution in [2.45, 2.75) is 6.54 Å². The molecule has 0 aliphatic carbocycles. The Balaban J connectivity index is 2.76. The Labute approximate surface area is 81.1 Å². The number of aryl methyl sites for hydroxylation is 1. The van der Waals surface area contributed by atoms with Crippen LogP contribution in [0.15, 0.2) is 18.3 Å². The number of hydrogen-bond donors (Lipinski definition) is 1. The second-order valence-corrected chi connectivity index (χ2v) is 3.40. The molecule has 0 saturated carbocycles. The van der Waals surface area contributed by atoms with Crippen molar-refractivity contribution in [1.29, 1.82) is 0 Å². The molecule has 2 aromatic rings. The maximum Gasteiger partial charge on any atom is 0.139 e. The molecule has 3 nitrogen and oxygen atoms in total. The van der Waals surface area contributed by atoms with Gasteiger partial charge in [0.05, 0.1) is 5.02 Å². The number of hydrogen-bond acceptors (Lipinski definition) is 2. The van der Waals surface area contributed by atoms with E-state index in [2.05, 4.69) is 4.98 Å². The van der Waals surface area contributed by atoms with Gasteiger partial charge in [0.2, 0.25) is 0 Å². The summed E-state index contributed by atoms with van der Waals surface area (Å²) >= 11 is 5.82. The minimum atomic E-state index is 0.518. The maximum atomic E-state index is 5.82. The summed E-state index contributed by atoms with van der Waals surface area (Å²) in [7, 11) is 1.95. The van der Waals surface area contributed by atoms with Crippen LogP contribution in [0.25, 0.3) is 11.0 Å². The van der Waals surface area contributed by atoms with E-state index in [0.29, 0.717) is 11.6 Å². The van der Waals surface area contributed by atoms with Crippen LogP contribution in [-0.4, -0.2) is 9.55 Å². The number of halogens is 1. The van der Waals surface area contributed by atoms with Crippen LogP contribution >= 0.6 is 11.6 Å². The Morgan fingerprint density at radius 1 is 1.54 bits per heavy atom. The molecule has 0 atom stereocenters. The molecule has 68 valence electrons. The lowest BCUT2D eigenvalue weighted by atomic mass is 10.3. The molecule has 0 aromatic carbocycles. The van der Waals surface area contributed by atoms with E-state index in [1.54, 1.807) is 6.20 Å². The zero-order chi connectivity index (χ0) is 9.42. The van der Waals surface area contributed by atoms with Crippen molar-refractivity contribution < 1.29 is 0 Å². The van der Waals surface area contributed by atoms with Gasteiger partial charge in [-0.05, 0) is 12.1 Å². The summed E-state index contributed by atoms with van der Waals surface area (Å²) in [6, 6.07) is 3.90. The van der Waals surface area contributed by atoms with Crippen LogP contribution in [-0.2, 0) is 13.6 Å². The molecule has 0 unspecified atom stereocenters. The number of fused-ring (bicyclic) bond motifs is 1. The third kappa shape index (κ3) is 1.30. The van der Waals surface area contributed by atoms with Crippen molar-refractivity contribution in [1.82, 2.24) is 9.55 Å². The highest BCUT2D eigenvalue weighted by Crippen LogP contribution is 2.19. The summed E-state index contributed by atoms with van der Waals surface area (Å²) < 4.78 is 1.98. The fourth-order valence-electron chi connectivity index (χ4n) is 1.44. The molecule has 0 radical (unpaired) electrons. The zero-order valence-electron chi connectivity index (χ0n) is 7.29. The number of rotatable bonds is 1. The van der Waals surface area contributed by atoms with Crippen LogP contribution in [0.4, 0.5) is 0 Å². The SMILES string of the molecule is Cn1c(CN)cc2cc(Cl)cnc21. The normalized spacial score (nSPS) is 11.0. The van der Waals surface area contributed by atoms with Gasteiger partial charge in [-0.1, -0.05) is 11.6 Å². The van der Waals surface area contributed by atoms with Gasteiger partial charge in [0, 0.05) is 30.9 Å². The lowest BCUT2D eigenvalue weighted by Gasteiger charge is -1.98. The highest BCUT2D eigenvalue weighted by molar-refractivity contribution is 6.31. The van der Waals surface area contributed by atoms with E-state index < -0.39 is 0 Å². The number of nitrogens with two attached hydrogens (primary N) is 1. The van der Waals surface area contributed by atoms with Gasteiger partial charge in [-0.2, -0.15) is 0 Å². The molecule has 0 aliphatic rings. The zero-order valence-corrected chi connectivity index (χ0v) is 8.04. The van der Waals surface area contributed by atoms with E-state index >= 15 is 0 Å². The van der Waals surface area contributed by atoms with E-state index in [1.165, 1.54) is 0 Å². The van der Waals surface area contributed by atoms with Gasteiger partial charge in [0.15, 0.2) is 0 Å². The number of aromatic nitrogens is 2. The smallest absolute Gasteiger partial charge is 0.139 e. The van der Waals surface area contributed by atoms with Crippen LogP contribution < -0.4 is 5.73 Å². The molecule has 2 rings (SSSR count). The third-order valence-corrected chi connectivity index (χ3v) is 2.35. The molecular formula is C9H10ClN3. The van der Waals surface area contributed by atoms with Gasteiger partial charge in [0.1, 0.15) is 5.65 Å². The standard InChI is InChI=1S/C9H10ClN3/c1-13-8(4-11)3-6-2-7(10)5-12-9(6)13/h2-3,5H,4,11H2,1H3. The molecule has 0 fully saturated rings. The van der Waals surface area contributed by atoms with Crippen molar-refractivity contribution in [3.05, 3.63) is 29.0 Å². The molecule has 2 N–H and O–H groups in total. The first-order chi connectivity index (χ1) is 6.22. The Kier molecular flexibility index (Phi) is 1.98. The molecule has 2 aromatic heterocycles. The lowest BCUT2D eigenvalue weighted by Crippen LogP contribution is -2.02. The molecule has 0 bridgehead atoms. The van der Waals surface area contributed by atoms with Crippen LogP contribution in [0.2, 0.25) is 5.02 Å². The minimum absolute atomic E-state index is 0.518. The summed E-state index contributed by atoms with van der Waals surface area (Å²) in [5.41, 5.74) is 7.55. The third-order valence-electron chi connectivity index (χ3n) is 2.14. The largest absolute Gasteiger partial charge is 0.331 e. The Bertz CT molecular complexity index is 447. The molecule has 0 aliphatic heterocycles. The first kappa shape index (κ1) is 8.53. The molecule has 13 heavy (non-hydrogen) atoms. The van der Waals surface area contributed by atoms with E-state index in [1.807, 2.05) is 23.7 Å². The van der Waals surface area contributed by atoms with E-state index in [4.69, 9.17) is 17.3 Å². The molecule has 0 amide bonds. The quantitative estimate of drug-likeness (QED) is 0.753. The monoisotopic (exact) mass is 195 g/mol. The van der Waals surface area contributed by atoms with E-state index in [0.717, 1.165) is 16.7 Å². The van der Waals surface area contributed by atoms with Gasteiger partial charge in [-0.3, -0.25) is 0 Å². The van der Waals surface area contributed by atoms with Crippen molar-refractivity contribution in [2.75, 3.05) is 0 Å². The van der Waals surface area contributed by atoms with Crippen molar-refractivity contribution >= 4 is 22.6 Å². The Morgan fingerprint density at radius 2 is 2.31 bits per heavy atom. The van der Waals surface area contributed by atoms with Gasteiger partial charge in [-0.25, -0.2) is 4.98 Å². The number of nitrogens with zero attached hydrogens (tertiary/aromatic N) is 2. The van der Waals surface area contributed by atoms with Gasteiger partial charge in [-0.15, -0.1) is 0 Å². The van der Waals surface area contributed by atoms with E-state index in [-0.39, 0.29) is 0 Å². The van der Waals surface area contributed by atoms with Gasteiger partial charge >= 0.3 is 0 Å². The van der Waals surface area contributed by atoms with Crippen molar-refractivity contribution in [3.8, 4) is 0 Å². The summed E-state index contributed by atoms with van der Waals surface area (Å²) in [5.74, 6) is 0. The molecule has 0 spiro atoms. The predicted molar refractivity (Wildman–Crippen MR) is 53.6 cm³/mol. The van der Waals surface area contributed by atoms with Crippen LogP contribution in [0.5, 0.6) is 0 Å². The average Bonchev–Trinajstić information content (AvgIpc) is 2.42. The average molecular weight is 196 g/mol. The van der Waals surface area contributed by atoms with E-state index in [9.17, 15) is 0 Å². The first-order valence-corrected chi connectivity index (χ1v) is 4.40. The second kappa shape index (κ2) is 3.01. The highest BCUT2D eigenvalue weighted by atomic mass is 35.5. The Morgan fingerprint density at radius 3 is 3.00 bits per heavy atom. The topological polar surface area (TPSA) is 43.8 Å². The van der Waals surface area contributed by atoms with Crippen LogP contribution in [0.3, 0.4) is 0 Å². The predicted octanol–water partition coefficient (Wildman–Crippen LogP) is 1.69. The van der Waals surface area contributed by atoms with Gasteiger partial charge in [0.25, 0.3) is 0 Å². The Hall–Kier alpha value is -1.06. The molecular weight excluding hydrogens is 186 g/mol. The van der Waals surface area contributed by atoms with Crippen molar-refractivity contribution in [2.24, 2.45) is 12.8 Å². The molecule has 0 saturated heterocycles. The van der Waals surface area contributed by atoms with Crippen LogP contribution in [0, 0.1) is 0 Å². The summed E-state index contributed by atoms with van der Waals surface area (Å²) in [6.07, 6.45) is 1.64. The molecule has 2 heterocycles. The van der Waals surface area contributed by atoms with Crippen molar-refractivity contribution in [3.63, 3.8) is 0 Å².